The Morgan fingerprint density at radius 3 is 1.66 bits per heavy atom. The molecule has 0 radical (unpaired) electrons. The van der Waals surface area contributed by atoms with Gasteiger partial charge in [0.25, 0.3) is 0 Å². The molecule has 0 aliphatic rings. The quantitative estimate of drug-likeness (QED) is 0.180. The minimum atomic E-state index is 0.852. The molecule has 232 valence electrons. The summed E-state index contributed by atoms with van der Waals surface area (Å²) in [5.41, 5.74) is 12.9. The molecule has 0 bridgehead atoms. The van der Waals surface area contributed by atoms with Crippen molar-refractivity contribution in [2.75, 3.05) is 0 Å². The smallest absolute Gasteiger partial charge is 0.0970 e. The summed E-state index contributed by atoms with van der Waals surface area (Å²) >= 11 is 0. The van der Waals surface area contributed by atoms with Gasteiger partial charge in [-0.3, -0.25) is 9.97 Å². The van der Waals surface area contributed by atoms with Gasteiger partial charge in [-0.15, -0.1) is 0 Å². The highest BCUT2D eigenvalue weighted by atomic mass is 14.8. The normalized spacial score (nSPS) is 11.6. The van der Waals surface area contributed by atoms with E-state index in [1.54, 1.807) is 0 Å². The third-order valence-electron chi connectivity index (χ3n) is 9.53. The molecule has 50 heavy (non-hydrogen) atoms. The molecule has 5 heteroatoms. The van der Waals surface area contributed by atoms with E-state index in [1.165, 1.54) is 0 Å². The Morgan fingerprint density at radius 1 is 0.320 bits per heavy atom. The second-order valence-corrected chi connectivity index (χ2v) is 12.6. The van der Waals surface area contributed by atoms with E-state index in [-0.39, 0.29) is 0 Å². The van der Waals surface area contributed by atoms with E-state index >= 15 is 0 Å². The molecule has 5 heterocycles. The Balaban J connectivity index is 0.986. The van der Waals surface area contributed by atoms with E-state index in [0.717, 1.165) is 99.4 Å². The van der Waals surface area contributed by atoms with Gasteiger partial charge in [-0.05, 0) is 76.9 Å². The summed E-state index contributed by atoms with van der Waals surface area (Å²) in [6.45, 7) is 0. The number of nitrogens with zero attached hydrogens (tertiary/aromatic N) is 5. The number of pyridine rings is 5. The number of hydrogen-bond acceptors (Lipinski definition) is 5. The summed E-state index contributed by atoms with van der Waals surface area (Å²) in [4.78, 5) is 24.3. The molecule has 0 amide bonds. The van der Waals surface area contributed by atoms with Gasteiger partial charge in [-0.2, -0.15) is 0 Å². The maximum atomic E-state index is 5.13. The molecule has 0 spiro atoms. The molecule has 5 nitrogen and oxygen atoms in total. The van der Waals surface area contributed by atoms with E-state index < -0.39 is 0 Å². The highest BCUT2D eigenvalue weighted by Crippen LogP contribution is 2.35. The third kappa shape index (κ3) is 4.83. The van der Waals surface area contributed by atoms with Gasteiger partial charge in [0.1, 0.15) is 0 Å². The number of fused-ring (bicyclic) bond motifs is 6. The maximum Gasteiger partial charge on any atom is 0.0970 e. The van der Waals surface area contributed by atoms with Crippen molar-refractivity contribution >= 4 is 54.5 Å². The molecule has 0 saturated heterocycles. The molecular formula is C45H27N5. The number of hydrogen-bond donors (Lipinski definition) is 0. The Morgan fingerprint density at radius 2 is 0.860 bits per heavy atom. The Hall–Kier alpha value is -6.85. The van der Waals surface area contributed by atoms with Crippen LogP contribution in [-0.4, -0.2) is 24.9 Å². The van der Waals surface area contributed by atoms with Crippen molar-refractivity contribution in [1.82, 2.24) is 24.9 Å². The standard InChI is InChI=1S/C45H27N5/c1-2-8-38-30(5-1)18-21-40(48-38)41-22-19-32-14-16-34(27-43(32)50-41)39-20-17-31-13-15-33(26-42(31)49-39)28-9-11-29(12-10-28)37-25-35-6-3-23-46-44(35)45-36(37)7-4-24-47-45/h1-27H. The molecular weight excluding hydrogens is 611 g/mol. The largest absolute Gasteiger partial charge is 0.254 e. The molecule has 5 aromatic carbocycles. The van der Waals surface area contributed by atoms with E-state index in [4.69, 9.17) is 15.0 Å². The van der Waals surface area contributed by atoms with Crippen LogP contribution in [-0.2, 0) is 0 Å². The van der Waals surface area contributed by atoms with Crippen LogP contribution in [0.25, 0.3) is 99.4 Å². The van der Waals surface area contributed by atoms with Crippen LogP contribution in [0.2, 0.25) is 0 Å². The summed E-state index contributed by atoms with van der Waals surface area (Å²) in [5.74, 6) is 0. The van der Waals surface area contributed by atoms with Crippen LogP contribution in [0.4, 0.5) is 0 Å². The van der Waals surface area contributed by atoms with Crippen LogP contribution >= 0.6 is 0 Å². The zero-order chi connectivity index (χ0) is 33.0. The molecule has 10 rings (SSSR count). The van der Waals surface area contributed by atoms with Gasteiger partial charge < -0.3 is 0 Å². The lowest BCUT2D eigenvalue weighted by atomic mass is 9.95. The molecule has 10 aromatic rings. The topological polar surface area (TPSA) is 64.5 Å². The number of para-hydroxylation sites is 1. The summed E-state index contributed by atoms with van der Waals surface area (Å²) in [6, 6.07) is 52.7. The minimum Gasteiger partial charge on any atom is -0.254 e. The van der Waals surface area contributed by atoms with Gasteiger partial charge in [0.05, 0.1) is 44.7 Å². The van der Waals surface area contributed by atoms with Gasteiger partial charge in [0, 0.05) is 44.9 Å². The molecule has 0 unspecified atom stereocenters. The first kappa shape index (κ1) is 28.2. The van der Waals surface area contributed by atoms with Crippen molar-refractivity contribution in [3.8, 4) is 44.9 Å². The predicted molar refractivity (Wildman–Crippen MR) is 205 cm³/mol. The van der Waals surface area contributed by atoms with Crippen molar-refractivity contribution in [2.24, 2.45) is 0 Å². The van der Waals surface area contributed by atoms with Gasteiger partial charge in [0.2, 0.25) is 0 Å². The van der Waals surface area contributed by atoms with Gasteiger partial charge in [-0.25, -0.2) is 15.0 Å². The van der Waals surface area contributed by atoms with Crippen LogP contribution in [0.15, 0.2) is 164 Å². The van der Waals surface area contributed by atoms with Crippen molar-refractivity contribution in [1.29, 1.82) is 0 Å². The predicted octanol–water partition coefficient (Wildman–Crippen LogP) is 11.1. The van der Waals surface area contributed by atoms with E-state index in [0.29, 0.717) is 0 Å². The van der Waals surface area contributed by atoms with E-state index in [2.05, 4.69) is 119 Å². The Bertz CT molecular complexity index is 2930. The highest BCUT2D eigenvalue weighted by molar-refractivity contribution is 6.10. The summed E-state index contributed by atoms with van der Waals surface area (Å²) < 4.78 is 0. The van der Waals surface area contributed by atoms with Crippen LogP contribution < -0.4 is 0 Å². The second kappa shape index (κ2) is 11.4. The van der Waals surface area contributed by atoms with Crippen LogP contribution in [0.1, 0.15) is 0 Å². The first-order valence-corrected chi connectivity index (χ1v) is 16.7. The van der Waals surface area contributed by atoms with Crippen molar-refractivity contribution in [3.63, 3.8) is 0 Å². The lowest BCUT2D eigenvalue weighted by Gasteiger charge is -2.11. The monoisotopic (exact) mass is 637 g/mol. The average molecular weight is 638 g/mol. The first-order valence-electron chi connectivity index (χ1n) is 16.7. The maximum absolute atomic E-state index is 5.13. The lowest BCUT2D eigenvalue weighted by Crippen LogP contribution is -1.91. The Labute approximate surface area is 287 Å². The number of aromatic nitrogens is 5. The summed E-state index contributed by atoms with van der Waals surface area (Å²) in [5, 5.41) is 5.47. The fourth-order valence-electron chi connectivity index (χ4n) is 6.94. The highest BCUT2D eigenvalue weighted by Gasteiger charge is 2.12. The fraction of sp³-hybridized carbons (Fsp3) is 0. The summed E-state index contributed by atoms with van der Waals surface area (Å²) in [7, 11) is 0. The van der Waals surface area contributed by atoms with Crippen molar-refractivity contribution < 1.29 is 0 Å². The van der Waals surface area contributed by atoms with Crippen molar-refractivity contribution in [2.45, 2.75) is 0 Å². The zero-order valence-electron chi connectivity index (χ0n) is 26.8. The zero-order valence-corrected chi connectivity index (χ0v) is 26.8. The molecule has 0 fully saturated rings. The Kier molecular flexibility index (Phi) is 6.42. The van der Waals surface area contributed by atoms with Crippen LogP contribution in [0.3, 0.4) is 0 Å². The average Bonchev–Trinajstić information content (AvgIpc) is 3.19. The number of benzene rings is 5. The van der Waals surface area contributed by atoms with E-state index in [9.17, 15) is 0 Å². The fourth-order valence-corrected chi connectivity index (χ4v) is 6.94. The van der Waals surface area contributed by atoms with E-state index in [1.807, 2.05) is 54.9 Å². The molecule has 0 atom stereocenters. The first-order chi connectivity index (χ1) is 24.7. The molecule has 0 aliphatic carbocycles. The van der Waals surface area contributed by atoms with Gasteiger partial charge in [-0.1, -0.05) is 97.1 Å². The molecule has 0 aliphatic heterocycles. The van der Waals surface area contributed by atoms with Crippen LogP contribution in [0, 0.1) is 0 Å². The van der Waals surface area contributed by atoms with Gasteiger partial charge in [0.15, 0.2) is 0 Å². The molecule has 0 saturated carbocycles. The minimum absolute atomic E-state index is 0.852. The lowest BCUT2D eigenvalue weighted by molar-refractivity contribution is 1.32. The molecule has 0 N–H and O–H groups in total. The summed E-state index contributed by atoms with van der Waals surface area (Å²) in [6.07, 6.45) is 3.66. The second-order valence-electron chi connectivity index (χ2n) is 12.6. The van der Waals surface area contributed by atoms with Gasteiger partial charge >= 0.3 is 0 Å². The number of rotatable bonds is 4. The SMILES string of the molecule is c1ccc2nc(-c3ccc4ccc(-c5ccc6ccc(-c7ccc(-c8cc9cccnc9c9ncccc89)cc7)cc6n5)cc4n3)ccc2c1. The van der Waals surface area contributed by atoms with Crippen molar-refractivity contribution in [3.05, 3.63) is 164 Å². The molecule has 5 aromatic heterocycles. The van der Waals surface area contributed by atoms with Crippen LogP contribution in [0.5, 0.6) is 0 Å². The third-order valence-corrected chi connectivity index (χ3v) is 9.53.